The van der Waals surface area contributed by atoms with Crippen LogP contribution < -0.4 is 5.73 Å². The van der Waals surface area contributed by atoms with E-state index in [0.717, 1.165) is 5.56 Å². The number of nitrogen functional groups attached to an aromatic ring is 1. The molecule has 0 saturated carbocycles. The summed E-state index contributed by atoms with van der Waals surface area (Å²) in [7, 11) is 0. The first-order valence-electron chi connectivity index (χ1n) is 4.90. The molecule has 2 N–H and O–H groups in total. The van der Waals surface area contributed by atoms with Gasteiger partial charge in [-0.25, -0.2) is 4.79 Å². The summed E-state index contributed by atoms with van der Waals surface area (Å²) in [6.45, 7) is 0.244. The van der Waals surface area contributed by atoms with Crippen LogP contribution in [0.5, 0.6) is 0 Å². The molecule has 1 aromatic heterocycles. The van der Waals surface area contributed by atoms with Gasteiger partial charge in [0.1, 0.15) is 6.61 Å². The molecule has 0 aliphatic heterocycles. The van der Waals surface area contributed by atoms with Crippen molar-refractivity contribution in [3.8, 4) is 0 Å². The average Bonchev–Trinajstić information content (AvgIpc) is 2.82. The number of ether oxygens (including phenoxy) is 1. The number of esters is 1. The number of nitrogens with two attached hydrogens (primary N) is 1. The molecule has 0 unspecified atom stereocenters. The summed E-state index contributed by atoms with van der Waals surface area (Å²) in [5.74, 6) is -0.464. The van der Waals surface area contributed by atoms with Gasteiger partial charge in [-0.05, 0) is 35.0 Å². The van der Waals surface area contributed by atoms with Crippen molar-refractivity contribution in [3.63, 3.8) is 0 Å². The molecule has 1 heterocycles. The second kappa shape index (κ2) is 5.21. The molecule has 0 saturated heterocycles. The van der Waals surface area contributed by atoms with E-state index in [-0.39, 0.29) is 6.61 Å². The fraction of sp³-hybridized carbons (Fsp3) is 0.0833. The standard InChI is InChI=1S/C12H10ClNO2S/c13-11-2-1-9(14)5-10(11)12(15)16-6-8-3-4-17-7-8/h1-5,7H,6,14H2. The minimum absolute atomic E-state index is 0.244. The van der Waals surface area contributed by atoms with Crippen molar-refractivity contribution in [1.29, 1.82) is 0 Å². The highest BCUT2D eigenvalue weighted by Crippen LogP contribution is 2.20. The van der Waals surface area contributed by atoms with Crippen molar-refractivity contribution in [3.05, 3.63) is 51.2 Å². The summed E-state index contributed by atoms with van der Waals surface area (Å²) < 4.78 is 5.14. The molecule has 17 heavy (non-hydrogen) atoms. The molecule has 0 aliphatic carbocycles. The van der Waals surface area contributed by atoms with Gasteiger partial charge in [-0.3, -0.25) is 0 Å². The van der Waals surface area contributed by atoms with Crippen LogP contribution in [0, 0.1) is 0 Å². The first-order chi connectivity index (χ1) is 8.16. The van der Waals surface area contributed by atoms with Crippen molar-refractivity contribution in [2.75, 3.05) is 5.73 Å². The Kier molecular flexibility index (Phi) is 3.66. The van der Waals surface area contributed by atoms with E-state index in [4.69, 9.17) is 22.1 Å². The fourth-order valence-corrected chi connectivity index (χ4v) is 2.15. The molecule has 0 fully saturated rings. The van der Waals surface area contributed by atoms with Gasteiger partial charge in [0.15, 0.2) is 0 Å². The molecule has 0 aliphatic rings. The molecule has 88 valence electrons. The van der Waals surface area contributed by atoms with Gasteiger partial charge in [0, 0.05) is 11.3 Å². The van der Waals surface area contributed by atoms with Gasteiger partial charge >= 0.3 is 5.97 Å². The van der Waals surface area contributed by atoms with Crippen LogP contribution in [0.25, 0.3) is 0 Å². The first kappa shape index (κ1) is 12.0. The van der Waals surface area contributed by atoms with E-state index in [1.165, 1.54) is 6.07 Å². The Morgan fingerprint density at radius 2 is 2.24 bits per heavy atom. The summed E-state index contributed by atoms with van der Waals surface area (Å²) in [5.41, 5.74) is 7.33. The summed E-state index contributed by atoms with van der Waals surface area (Å²) >= 11 is 7.45. The smallest absolute Gasteiger partial charge is 0.340 e. The number of carbonyl (C=O) groups is 1. The monoisotopic (exact) mass is 267 g/mol. The number of anilines is 1. The van der Waals surface area contributed by atoms with Gasteiger partial charge in [-0.2, -0.15) is 11.3 Å². The number of benzene rings is 1. The van der Waals surface area contributed by atoms with E-state index < -0.39 is 5.97 Å². The van der Waals surface area contributed by atoms with Gasteiger partial charge in [-0.15, -0.1) is 0 Å². The number of carbonyl (C=O) groups excluding carboxylic acids is 1. The molecular formula is C12H10ClNO2S. The number of thiophene rings is 1. The molecule has 0 radical (unpaired) electrons. The molecular weight excluding hydrogens is 258 g/mol. The maximum atomic E-state index is 11.8. The minimum Gasteiger partial charge on any atom is -0.457 e. The zero-order valence-electron chi connectivity index (χ0n) is 8.85. The Hall–Kier alpha value is -1.52. The second-order valence-electron chi connectivity index (χ2n) is 3.45. The summed E-state index contributed by atoms with van der Waals surface area (Å²) in [5, 5.41) is 4.19. The Morgan fingerprint density at radius 3 is 2.94 bits per heavy atom. The number of hydrogen-bond acceptors (Lipinski definition) is 4. The molecule has 0 amide bonds. The summed E-state index contributed by atoms with van der Waals surface area (Å²) in [6.07, 6.45) is 0. The summed E-state index contributed by atoms with van der Waals surface area (Å²) in [6, 6.07) is 6.63. The topological polar surface area (TPSA) is 52.3 Å². The zero-order valence-corrected chi connectivity index (χ0v) is 10.4. The highest BCUT2D eigenvalue weighted by atomic mass is 35.5. The van der Waals surface area contributed by atoms with Crippen molar-refractivity contribution in [1.82, 2.24) is 0 Å². The Morgan fingerprint density at radius 1 is 1.41 bits per heavy atom. The molecule has 1 aromatic carbocycles. The average molecular weight is 268 g/mol. The van der Waals surface area contributed by atoms with Crippen molar-refractivity contribution < 1.29 is 9.53 Å². The van der Waals surface area contributed by atoms with Crippen molar-refractivity contribution in [2.24, 2.45) is 0 Å². The van der Waals surface area contributed by atoms with Crippen molar-refractivity contribution >= 4 is 34.6 Å². The lowest BCUT2D eigenvalue weighted by molar-refractivity contribution is 0.0473. The van der Waals surface area contributed by atoms with Crippen LogP contribution in [-0.2, 0) is 11.3 Å². The van der Waals surface area contributed by atoms with Crippen LogP contribution in [0.15, 0.2) is 35.0 Å². The van der Waals surface area contributed by atoms with E-state index >= 15 is 0 Å². The highest BCUT2D eigenvalue weighted by Gasteiger charge is 2.12. The first-order valence-corrected chi connectivity index (χ1v) is 6.22. The van der Waals surface area contributed by atoms with E-state index in [9.17, 15) is 4.79 Å². The Bertz CT molecular complexity index is 525. The molecule has 5 heteroatoms. The third kappa shape index (κ3) is 2.99. The summed E-state index contributed by atoms with van der Waals surface area (Å²) in [4.78, 5) is 11.8. The van der Waals surface area contributed by atoms with Crippen molar-refractivity contribution in [2.45, 2.75) is 6.61 Å². The van der Waals surface area contributed by atoms with Gasteiger partial charge in [-0.1, -0.05) is 11.6 Å². The maximum absolute atomic E-state index is 11.8. The quantitative estimate of drug-likeness (QED) is 0.685. The van der Waals surface area contributed by atoms with E-state index in [2.05, 4.69) is 0 Å². The fourth-order valence-electron chi connectivity index (χ4n) is 1.30. The van der Waals surface area contributed by atoms with Crippen LogP contribution >= 0.6 is 22.9 Å². The predicted octanol–water partition coefficient (Wildman–Crippen LogP) is 3.34. The Labute approximate surface area is 108 Å². The Balaban J connectivity index is 2.07. The minimum atomic E-state index is -0.464. The molecule has 0 bridgehead atoms. The zero-order chi connectivity index (χ0) is 12.3. The van der Waals surface area contributed by atoms with Crippen LogP contribution in [0.1, 0.15) is 15.9 Å². The third-order valence-electron chi connectivity index (χ3n) is 2.16. The lowest BCUT2D eigenvalue weighted by Crippen LogP contribution is -2.06. The molecule has 2 rings (SSSR count). The lowest BCUT2D eigenvalue weighted by Gasteiger charge is -2.06. The predicted molar refractivity (Wildman–Crippen MR) is 69.3 cm³/mol. The van der Waals surface area contributed by atoms with E-state index in [1.807, 2.05) is 16.8 Å². The van der Waals surface area contributed by atoms with Crippen LogP contribution in [-0.4, -0.2) is 5.97 Å². The van der Waals surface area contributed by atoms with E-state index in [0.29, 0.717) is 16.3 Å². The number of hydrogen-bond donors (Lipinski definition) is 1. The van der Waals surface area contributed by atoms with Gasteiger partial charge in [0.05, 0.1) is 10.6 Å². The van der Waals surface area contributed by atoms with Gasteiger partial charge < -0.3 is 10.5 Å². The number of rotatable bonds is 3. The third-order valence-corrected chi connectivity index (χ3v) is 3.22. The maximum Gasteiger partial charge on any atom is 0.340 e. The molecule has 2 aromatic rings. The second-order valence-corrected chi connectivity index (χ2v) is 4.63. The van der Waals surface area contributed by atoms with Gasteiger partial charge in [0.25, 0.3) is 0 Å². The SMILES string of the molecule is Nc1ccc(Cl)c(C(=O)OCc2ccsc2)c1. The van der Waals surface area contributed by atoms with Crippen LogP contribution in [0.2, 0.25) is 5.02 Å². The number of halogens is 1. The van der Waals surface area contributed by atoms with Gasteiger partial charge in [0.2, 0.25) is 0 Å². The highest BCUT2D eigenvalue weighted by molar-refractivity contribution is 7.07. The lowest BCUT2D eigenvalue weighted by atomic mass is 10.2. The largest absolute Gasteiger partial charge is 0.457 e. The van der Waals surface area contributed by atoms with E-state index in [1.54, 1.807) is 23.5 Å². The molecule has 0 spiro atoms. The van der Waals surface area contributed by atoms with Crippen LogP contribution in [0.3, 0.4) is 0 Å². The molecule has 0 atom stereocenters. The van der Waals surface area contributed by atoms with Crippen LogP contribution in [0.4, 0.5) is 5.69 Å². The normalized spacial score (nSPS) is 10.2. The molecule has 3 nitrogen and oxygen atoms in total.